The van der Waals surface area contributed by atoms with Gasteiger partial charge in [-0.25, -0.2) is 8.78 Å². The Labute approximate surface area is 117 Å². The molecule has 0 aliphatic rings. The van der Waals surface area contributed by atoms with Crippen LogP contribution < -0.4 is 11.3 Å². The van der Waals surface area contributed by atoms with Crippen LogP contribution in [0.4, 0.5) is 8.78 Å². The zero-order valence-electron chi connectivity index (χ0n) is 11.6. The molecule has 2 aromatic rings. The molecule has 2 aromatic carbocycles. The van der Waals surface area contributed by atoms with Gasteiger partial charge in [0.15, 0.2) is 0 Å². The van der Waals surface area contributed by atoms with Gasteiger partial charge in [0, 0.05) is 11.6 Å². The first-order chi connectivity index (χ1) is 9.49. The predicted octanol–water partition coefficient (Wildman–Crippen LogP) is 3.33. The number of rotatable bonds is 4. The van der Waals surface area contributed by atoms with Crippen LogP contribution in [0.3, 0.4) is 0 Å². The van der Waals surface area contributed by atoms with Crippen molar-refractivity contribution in [2.45, 2.75) is 26.3 Å². The van der Waals surface area contributed by atoms with E-state index in [0.29, 0.717) is 12.0 Å². The van der Waals surface area contributed by atoms with E-state index in [4.69, 9.17) is 5.84 Å². The van der Waals surface area contributed by atoms with E-state index in [0.717, 1.165) is 22.8 Å². The Balaban J connectivity index is 2.28. The highest BCUT2D eigenvalue weighted by Gasteiger charge is 2.16. The largest absolute Gasteiger partial charge is 0.271 e. The van der Waals surface area contributed by atoms with Gasteiger partial charge < -0.3 is 0 Å². The lowest BCUT2D eigenvalue weighted by atomic mass is 9.96. The lowest BCUT2D eigenvalue weighted by Gasteiger charge is -2.18. The number of hydrazine groups is 1. The Morgan fingerprint density at radius 2 is 1.70 bits per heavy atom. The molecule has 2 nitrogen and oxygen atoms in total. The van der Waals surface area contributed by atoms with Gasteiger partial charge in [0.2, 0.25) is 0 Å². The van der Waals surface area contributed by atoms with Crippen LogP contribution in [0.2, 0.25) is 0 Å². The van der Waals surface area contributed by atoms with Crippen LogP contribution in [0, 0.1) is 25.5 Å². The topological polar surface area (TPSA) is 38.0 Å². The second-order valence-electron chi connectivity index (χ2n) is 5.09. The van der Waals surface area contributed by atoms with E-state index in [1.807, 2.05) is 26.0 Å². The average Bonchev–Trinajstić information content (AvgIpc) is 2.35. The molecule has 0 radical (unpaired) electrons. The van der Waals surface area contributed by atoms with E-state index >= 15 is 0 Å². The highest BCUT2D eigenvalue weighted by Crippen LogP contribution is 2.22. The summed E-state index contributed by atoms with van der Waals surface area (Å²) in [5.41, 5.74) is 6.33. The Bertz CT molecular complexity index is 591. The van der Waals surface area contributed by atoms with Gasteiger partial charge in [0.25, 0.3) is 0 Å². The standard InChI is InChI=1S/C16H18F2N2/c1-10-5-11(2)7-12(6-10)8-16(20-19)14-4-3-13(17)9-15(14)18/h3-7,9,16,20H,8,19H2,1-2H3. The maximum absolute atomic E-state index is 13.8. The highest BCUT2D eigenvalue weighted by atomic mass is 19.1. The number of nitrogens with one attached hydrogen (secondary N) is 1. The molecule has 20 heavy (non-hydrogen) atoms. The molecule has 1 atom stereocenters. The zero-order chi connectivity index (χ0) is 14.7. The smallest absolute Gasteiger partial charge is 0.130 e. The third-order valence-electron chi connectivity index (χ3n) is 3.26. The van der Waals surface area contributed by atoms with E-state index < -0.39 is 17.7 Å². The zero-order valence-corrected chi connectivity index (χ0v) is 11.6. The van der Waals surface area contributed by atoms with E-state index in [2.05, 4.69) is 11.5 Å². The summed E-state index contributed by atoms with van der Waals surface area (Å²) in [6.45, 7) is 4.03. The second kappa shape index (κ2) is 6.11. The fourth-order valence-electron chi connectivity index (χ4n) is 2.47. The third-order valence-corrected chi connectivity index (χ3v) is 3.26. The fraction of sp³-hybridized carbons (Fsp3) is 0.250. The van der Waals surface area contributed by atoms with Crippen LogP contribution in [0.25, 0.3) is 0 Å². The van der Waals surface area contributed by atoms with Crippen molar-refractivity contribution in [3.63, 3.8) is 0 Å². The van der Waals surface area contributed by atoms with Gasteiger partial charge in [-0.2, -0.15) is 0 Å². The van der Waals surface area contributed by atoms with Gasteiger partial charge in [0.05, 0.1) is 6.04 Å². The monoisotopic (exact) mass is 276 g/mol. The van der Waals surface area contributed by atoms with Crippen LogP contribution in [0.5, 0.6) is 0 Å². The Kier molecular flexibility index (Phi) is 4.47. The molecule has 3 N–H and O–H groups in total. The fourth-order valence-corrected chi connectivity index (χ4v) is 2.47. The molecule has 0 saturated heterocycles. The number of hydrogen-bond acceptors (Lipinski definition) is 2. The van der Waals surface area contributed by atoms with Crippen molar-refractivity contribution >= 4 is 0 Å². The molecule has 0 saturated carbocycles. The van der Waals surface area contributed by atoms with Gasteiger partial charge in [-0.05, 0) is 31.9 Å². The van der Waals surface area contributed by atoms with Crippen molar-refractivity contribution < 1.29 is 8.78 Å². The van der Waals surface area contributed by atoms with Gasteiger partial charge in [0.1, 0.15) is 11.6 Å². The molecule has 0 fully saturated rings. The second-order valence-corrected chi connectivity index (χ2v) is 5.09. The predicted molar refractivity (Wildman–Crippen MR) is 76.0 cm³/mol. The summed E-state index contributed by atoms with van der Waals surface area (Å²) in [5, 5.41) is 0. The first-order valence-electron chi connectivity index (χ1n) is 6.48. The van der Waals surface area contributed by atoms with Crippen molar-refractivity contribution in [2.75, 3.05) is 0 Å². The Morgan fingerprint density at radius 3 is 2.25 bits per heavy atom. The number of halogens is 2. The van der Waals surface area contributed by atoms with Crippen LogP contribution in [-0.4, -0.2) is 0 Å². The minimum atomic E-state index is -0.589. The van der Waals surface area contributed by atoms with Gasteiger partial charge in [-0.1, -0.05) is 35.4 Å². The van der Waals surface area contributed by atoms with Gasteiger partial charge >= 0.3 is 0 Å². The molecule has 0 aliphatic heterocycles. The van der Waals surface area contributed by atoms with Gasteiger partial charge in [-0.3, -0.25) is 11.3 Å². The summed E-state index contributed by atoms with van der Waals surface area (Å²) in [4.78, 5) is 0. The summed E-state index contributed by atoms with van der Waals surface area (Å²) in [6.07, 6.45) is 0.543. The lowest BCUT2D eigenvalue weighted by Crippen LogP contribution is -2.30. The normalized spacial score (nSPS) is 12.4. The minimum absolute atomic E-state index is 0.369. The first kappa shape index (κ1) is 14.6. The van der Waals surface area contributed by atoms with E-state index in [9.17, 15) is 8.78 Å². The van der Waals surface area contributed by atoms with Crippen LogP contribution >= 0.6 is 0 Å². The molecule has 0 aromatic heterocycles. The number of aryl methyl sites for hydroxylation is 2. The van der Waals surface area contributed by atoms with Crippen molar-refractivity contribution in [3.8, 4) is 0 Å². The minimum Gasteiger partial charge on any atom is -0.271 e. The third kappa shape index (κ3) is 3.40. The molecule has 1 unspecified atom stereocenters. The van der Waals surface area contributed by atoms with Crippen LogP contribution in [0.15, 0.2) is 36.4 Å². The van der Waals surface area contributed by atoms with Crippen molar-refractivity contribution in [1.82, 2.24) is 5.43 Å². The number of nitrogens with two attached hydrogens (primary N) is 1. The summed E-state index contributed by atoms with van der Waals surface area (Å²) in [7, 11) is 0. The molecule has 0 aliphatic carbocycles. The van der Waals surface area contributed by atoms with E-state index in [-0.39, 0.29) is 0 Å². The summed E-state index contributed by atoms with van der Waals surface area (Å²) in [5.74, 6) is 4.35. The molecule has 0 amide bonds. The maximum Gasteiger partial charge on any atom is 0.130 e. The molecular weight excluding hydrogens is 258 g/mol. The summed E-state index contributed by atoms with van der Waals surface area (Å²) in [6, 6.07) is 9.31. The van der Waals surface area contributed by atoms with Gasteiger partial charge in [-0.15, -0.1) is 0 Å². The van der Waals surface area contributed by atoms with Crippen molar-refractivity contribution in [1.29, 1.82) is 0 Å². The molecule has 2 rings (SSSR count). The summed E-state index contributed by atoms with van der Waals surface area (Å²) >= 11 is 0. The number of benzene rings is 2. The van der Waals surface area contributed by atoms with E-state index in [1.165, 1.54) is 12.1 Å². The van der Waals surface area contributed by atoms with Crippen molar-refractivity contribution in [3.05, 3.63) is 70.3 Å². The van der Waals surface area contributed by atoms with Crippen LogP contribution in [-0.2, 0) is 6.42 Å². The Hall–Kier alpha value is -1.78. The Morgan fingerprint density at radius 1 is 1.05 bits per heavy atom. The number of hydrogen-bond donors (Lipinski definition) is 2. The van der Waals surface area contributed by atoms with E-state index in [1.54, 1.807) is 0 Å². The molecular formula is C16H18F2N2. The lowest BCUT2D eigenvalue weighted by molar-refractivity contribution is 0.502. The average molecular weight is 276 g/mol. The highest BCUT2D eigenvalue weighted by molar-refractivity contribution is 5.31. The molecule has 0 spiro atoms. The van der Waals surface area contributed by atoms with Crippen molar-refractivity contribution in [2.24, 2.45) is 5.84 Å². The first-order valence-corrected chi connectivity index (χ1v) is 6.48. The molecule has 0 bridgehead atoms. The molecule has 106 valence electrons. The molecule has 0 heterocycles. The van der Waals surface area contributed by atoms with Crippen LogP contribution in [0.1, 0.15) is 28.3 Å². The maximum atomic E-state index is 13.8. The summed E-state index contributed by atoms with van der Waals surface area (Å²) < 4.78 is 26.8. The SMILES string of the molecule is Cc1cc(C)cc(CC(NN)c2ccc(F)cc2F)c1. The molecule has 4 heteroatoms. The quantitative estimate of drug-likeness (QED) is 0.664.